The maximum atomic E-state index is 13.0. The smallest absolute Gasteiger partial charge is 0.259 e. The van der Waals surface area contributed by atoms with E-state index in [-0.39, 0.29) is 5.91 Å². The highest BCUT2D eigenvalue weighted by Gasteiger charge is 2.23. The van der Waals surface area contributed by atoms with E-state index in [1.54, 1.807) is 53.5 Å². The molecule has 1 amide bonds. The van der Waals surface area contributed by atoms with E-state index in [4.69, 9.17) is 4.74 Å². The average molecular weight is 342 g/mol. The molecule has 0 spiro atoms. The van der Waals surface area contributed by atoms with E-state index in [2.05, 4.69) is 16.7 Å². The number of ether oxygens (including phenoxy) is 1. The molecule has 7 heteroatoms. The van der Waals surface area contributed by atoms with E-state index < -0.39 is 0 Å². The molecule has 0 aliphatic carbocycles. The van der Waals surface area contributed by atoms with Crippen LogP contribution in [0.1, 0.15) is 15.2 Å². The number of amides is 1. The van der Waals surface area contributed by atoms with Gasteiger partial charge in [-0.15, -0.1) is 17.9 Å². The number of hydrogen-bond acceptors (Lipinski definition) is 5. The quantitative estimate of drug-likeness (QED) is 0.646. The molecule has 0 unspecified atom stereocenters. The van der Waals surface area contributed by atoms with Crippen LogP contribution < -0.4 is 4.74 Å². The number of carbonyl (C=O) groups excluding carboxylic acids is 1. The van der Waals surface area contributed by atoms with Gasteiger partial charge in [0.25, 0.3) is 5.91 Å². The van der Waals surface area contributed by atoms with Gasteiger partial charge < -0.3 is 9.64 Å². The van der Waals surface area contributed by atoms with Gasteiger partial charge in [-0.05, 0) is 11.4 Å². The Hall–Kier alpha value is -2.67. The molecule has 0 aliphatic rings. The van der Waals surface area contributed by atoms with Crippen molar-refractivity contribution in [2.24, 2.45) is 7.05 Å². The number of thiophene rings is 1. The molecule has 3 aromatic heterocycles. The van der Waals surface area contributed by atoms with Gasteiger partial charge in [0.1, 0.15) is 11.3 Å². The molecule has 3 heterocycles. The predicted octanol–water partition coefficient (Wildman–Crippen LogP) is 2.87. The first-order valence-corrected chi connectivity index (χ1v) is 8.31. The first-order valence-electron chi connectivity index (χ1n) is 7.43. The molecule has 0 saturated heterocycles. The average Bonchev–Trinajstić information content (AvgIpc) is 3.23. The fourth-order valence-corrected chi connectivity index (χ4v) is 3.30. The fourth-order valence-electron chi connectivity index (χ4n) is 2.58. The largest absolute Gasteiger partial charge is 0.495 e. The van der Waals surface area contributed by atoms with Crippen molar-refractivity contribution >= 4 is 28.3 Å². The summed E-state index contributed by atoms with van der Waals surface area (Å²) in [5.41, 5.74) is 1.10. The Morgan fingerprint density at radius 3 is 3.00 bits per heavy atom. The second-order valence-electron chi connectivity index (χ2n) is 5.26. The summed E-state index contributed by atoms with van der Waals surface area (Å²) in [5, 5.41) is 6.90. The van der Waals surface area contributed by atoms with Gasteiger partial charge in [0, 0.05) is 24.7 Å². The lowest BCUT2D eigenvalue weighted by atomic mass is 10.1. The maximum Gasteiger partial charge on any atom is 0.259 e. The van der Waals surface area contributed by atoms with Crippen LogP contribution in [0.25, 0.3) is 11.0 Å². The number of nitrogens with zero attached hydrogens (tertiary/aromatic N) is 4. The molecule has 0 radical (unpaired) electrons. The molecule has 0 atom stereocenters. The lowest BCUT2D eigenvalue weighted by molar-refractivity contribution is 0.0760. The van der Waals surface area contributed by atoms with Crippen LogP contribution in [-0.2, 0) is 13.6 Å². The number of pyridine rings is 1. The third kappa shape index (κ3) is 2.90. The van der Waals surface area contributed by atoms with E-state index >= 15 is 0 Å². The lowest BCUT2D eigenvalue weighted by Crippen LogP contribution is -2.30. The number of aromatic nitrogens is 3. The van der Waals surface area contributed by atoms with E-state index in [0.717, 1.165) is 10.3 Å². The Morgan fingerprint density at radius 2 is 2.33 bits per heavy atom. The van der Waals surface area contributed by atoms with Crippen molar-refractivity contribution in [2.75, 3.05) is 13.7 Å². The van der Waals surface area contributed by atoms with Gasteiger partial charge in [-0.25, -0.2) is 4.98 Å². The van der Waals surface area contributed by atoms with Gasteiger partial charge in [-0.3, -0.25) is 9.48 Å². The van der Waals surface area contributed by atoms with Crippen LogP contribution in [0.3, 0.4) is 0 Å². The van der Waals surface area contributed by atoms with Crippen LogP contribution >= 0.6 is 11.3 Å². The van der Waals surface area contributed by atoms with Gasteiger partial charge in [0.2, 0.25) is 0 Å². The zero-order chi connectivity index (χ0) is 17.1. The summed E-state index contributed by atoms with van der Waals surface area (Å²) in [5.74, 6) is 0.358. The SMILES string of the molecule is C=CCN(Cc1cccs1)C(=O)c1cnc2c(cnn2C)c1OC. The molecule has 0 aromatic carbocycles. The molecule has 0 saturated carbocycles. The highest BCUT2D eigenvalue weighted by molar-refractivity contribution is 7.09. The minimum absolute atomic E-state index is 0.140. The zero-order valence-electron chi connectivity index (χ0n) is 13.6. The topological polar surface area (TPSA) is 60.2 Å². The van der Waals surface area contributed by atoms with Crippen molar-refractivity contribution in [1.29, 1.82) is 0 Å². The summed E-state index contributed by atoms with van der Waals surface area (Å²) in [7, 11) is 3.35. The predicted molar refractivity (Wildman–Crippen MR) is 94.3 cm³/mol. The number of rotatable bonds is 6. The Bertz CT molecular complexity index is 870. The highest BCUT2D eigenvalue weighted by atomic mass is 32.1. The molecular weight excluding hydrogens is 324 g/mol. The second kappa shape index (κ2) is 6.84. The van der Waals surface area contributed by atoms with Crippen molar-refractivity contribution in [2.45, 2.75) is 6.54 Å². The van der Waals surface area contributed by atoms with Crippen LogP contribution in [0.2, 0.25) is 0 Å². The van der Waals surface area contributed by atoms with Crippen molar-refractivity contribution in [3.63, 3.8) is 0 Å². The summed E-state index contributed by atoms with van der Waals surface area (Å²) in [6.07, 6.45) is 4.93. The monoisotopic (exact) mass is 342 g/mol. The third-order valence-corrected chi connectivity index (χ3v) is 4.57. The van der Waals surface area contributed by atoms with Gasteiger partial charge in [-0.1, -0.05) is 12.1 Å². The summed E-state index contributed by atoms with van der Waals surface area (Å²) in [6.45, 7) is 4.72. The van der Waals surface area contributed by atoms with Crippen LogP contribution in [0, 0.1) is 0 Å². The molecule has 0 fully saturated rings. The van der Waals surface area contributed by atoms with Gasteiger partial charge in [0.05, 0.1) is 25.2 Å². The van der Waals surface area contributed by atoms with E-state index in [1.807, 2.05) is 17.5 Å². The standard InChI is InChI=1S/C17H18N4O2S/c1-4-7-21(11-12-6-5-8-24-12)17(22)14-9-18-16-13(15(14)23-3)10-19-20(16)2/h4-6,8-10H,1,7,11H2,2-3H3. The van der Waals surface area contributed by atoms with Gasteiger partial charge in [0.15, 0.2) is 5.65 Å². The Labute approximate surface area is 144 Å². The first kappa shape index (κ1) is 16.2. The number of carbonyl (C=O) groups is 1. The first-order chi connectivity index (χ1) is 11.7. The lowest BCUT2D eigenvalue weighted by Gasteiger charge is -2.21. The van der Waals surface area contributed by atoms with Crippen LogP contribution in [0.4, 0.5) is 0 Å². The Morgan fingerprint density at radius 1 is 1.50 bits per heavy atom. The van der Waals surface area contributed by atoms with Crippen LogP contribution in [-0.4, -0.2) is 39.2 Å². The molecular formula is C17H18N4O2S. The van der Waals surface area contributed by atoms with E-state index in [0.29, 0.717) is 30.0 Å². The number of fused-ring (bicyclic) bond motifs is 1. The number of aryl methyl sites for hydroxylation is 1. The molecule has 3 rings (SSSR count). The zero-order valence-corrected chi connectivity index (χ0v) is 14.4. The van der Waals surface area contributed by atoms with Crippen molar-refractivity contribution in [1.82, 2.24) is 19.7 Å². The normalized spacial score (nSPS) is 10.8. The molecule has 0 bridgehead atoms. The Kier molecular flexibility index (Phi) is 4.61. The minimum atomic E-state index is -0.140. The maximum absolute atomic E-state index is 13.0. The van der Waals surface area contributed by atoms with Crippen molar-refractivity contribution in [3.05, 3.63) is 53.0 Å². The summed E-state index contributed by atoms with van der Waals surface area (Å²) in [4.78, 5) is 20.2. The summed E-state index contributed by atoms with van der Waals surface area (Å²) < 4.78 is 7.14. The molecule has 24 heavy (non-hydrogen) atoms. The van der Waals surface area contributed by atoms with Gasteiger partial charge >= 0.3 is 0 Å². The highest BCUT2D eigenvalue weighted by Crippen LogP contribution is 2.29. The van der Waals surface area contributed by atoms with Gasteiger partial charge in [-0.2, -0.15) is 5.10 Å². The molecule has 3 aromatic rings. The molecule has 0 aliphatic heterocycles. The third-order valence-electron chi connectivity index (χ3n) is 3.71. The van der Waals surface area contributed by atoms with Crippen molar-refractivity contribution in [3.8, 4) is 5.75 Å². The summed E-state index contributed by atoms with van der Waals surface area (Å²) >= 11 is 1.62. The van der Waals surface area contributed by atoms with Crippen molar-refractivity contribution < 1.29 is 9.53 Å². The fraction of sp³-hybridized carbons (Fsp3) is 0.235. The molecule has 124 valence electrons. The minimum Gasteiger partial charge on any atom is -0.495 e. The van der Waals surface area contributed by atoms with Crippen LogP contribution in [0.15, 0.2) is 42.6 Å². The summed E-state index contributed by atoms with van der Waals surface area (Å²) in [6, 6.07) is 3.98. The number of hydrogen-bond donors (Lipinski definition) is 0. The Balaban J connectivity index is 2.00. The molecule has 0 N–H and O–H groups in total. The molecule has 6 nitrogen and oxygen atoms in total. The van der Waals surface area contributed by atoms with E-state index in [1.165, 1.54) is 0 Å². The number of methoxy groups -OCH3 is 1. The van der Waals surface area contributed by atoms with E-state index in [9.17, 15) is 4.79 Å². The second-order valence-corrected chi connectivity index (χ2v) is 6.30. The van der Waals surface area contributed by atoms with Crippen LogP contribution in [0.5, 0.6) is 5.75 Å².